The van der Waals surface area contributed by atoms with Gasteiger partial charge in [-0.15, -0.1) is 0 Å². The molecule has 1 N–H and O–H groups in total. The van der Waals surface area contributed by atoms with Crippen molar-refractivity contribution in [3.63, 3.8) is 0 Å². The van der Waals surface area contributed by atoms with Crippen LogP contribution >= 0.6 is 23.2 Å². The van der Waals surface area contributed by atoms with E-state index in [0.29, 0.717) is 16.6 Å². The molecule has 0 aliphatic heterocycles. The SMILES string of the molecule is O=C(CON=Cc1ccc(Cl)c(Cl)c1)NCCC1=CCCCC1. The fourth-order valence-electron chi connectivity index (χ4n) is 2.33. The number of hydrogen-bond donors (Lipinski definition) is 1. The second-order valence-corrected chi connectivity index (χ2v) is 6.20. The number of hydrogen-bond acceptors (Lipinski definition) is 3. The molecule has 1 aliphatic carbocycles. The van der Waals surface area contributed by atoms with Crippen molar-refractivity contribution < 1.29 is 9.63 Å². The largest absolute Gasteiger partial charge is 0.386 e. The molecule has 0 saturated heterocycles. The second kappa shape index (κ2) is 9.58. The van der Waals surface area contributed by atoms with Gasteiger partial charge in [-0.05, 0) is 49.8 Å². The molecule has 0 spiro atoms. The summed E-state index contributed by atoms with van der Waals surface area (Å²) >= 11 is 11.7. The Hall–Kier alpha value is -1.52. The molecule has 0 aromatic heterocycles. The van der Waals surface area contributed by atoms with Crippen LogP contribution in [0.1, 0.15) is 37.7 Å². The molecule has 6 heteroatoms. The number of nitrogens with zero attached hydrogens (tertiary/aromatic N) is 1. The monoisotopic (exact) mass is 354 g/mol. The lowest BCUT2D eigenvalue weighted by Gasteiger charge is -2.12. The van der Waals surface area contributed by atoms with Gasteiger partial charge in [0.15, 0.2) is 6.61 Å². The third-order valence-corrected chi connectivity index (χ3v) is 4.31. The average molecular weight is 355 g/mol. The number of amides is 1. The van der Waals surface area contributed by atoms with Crippen LogP contribution in [0.15, 0.2) is 35.0 Å². The van der Waals surface area contributed by atoms with Gasteiger partial charge < -0.3 is 10.2 Å². The van der Waals surface area contributed by atoms with Crippen LogP contribution in [-0.4, -0.2) is 25.3 Å². The summed E-state index contributed by atoms with van der Waals surface area (Å²) in [5, 5.41) is 7.51. The highest BCUT2D eigenvalue weighted by Gasteiger charge is 2.05. The highest BCUT2D eigenvalue weighted by molar-refractivity contribution is 6.42. The van der Waals surface area contributed by atoms with E-state index in [1.54, 1.807) is 18.2 Å². The van der Waals surface area contributed by atoms with Gasteiger partial charge in [-0.25, -0.2) is 0 Å². The van der Waals surface area contributed by atoms with Crippen molar-refractivity contribution in [3.8, 4) is 0 Å². The number of carbonyl (C=O) groups excluding carboxylic acids is 1. The Morgan fingerprint density at radius 3 is 2.91 bits per heavy atom. The molecule has 124 valence electrons. The summed E-state index contributed by atoms with van der Waals surface area (Å²) in [6.07, 6.45) is 9.54. The van der Waals surface area contributed by atoms with Crippen LogP contribution in [-0.2, 0) is 9.63 Å². The molecule has 4 nitrogen and oxygen atoms in total. The Balaban J connectivity index is 1.63. The Morgan fingerprint density at radius 2 is 2.17 bits per heavy atom. The summed E-state index contributed by atoms with van der Waals surface area (Å²) in [6, 6.07) is 5.12. The number of benzene rings is 1. The van der Waals surface area contributed by atoms with Crippen LogP contribution in [0.4, 0.5) is 0 Å². The molecule has 2 rings (SSSR count). The summed E-state index contributed by atoms with van der Waals surface area (Å²) in [5.41, 5.74) is 2.19. The maximum absolute atomic E-state index is 11.6. The lowest BCUT2D eigenvalue weighted by molar-refractivity contribution is -0.125. The van der Waals surface area contributed by atoms with Crippen molar-refractivity contribution in [1.29, 1.82) is 0 Å². The number of oxime groups is 1. The predicted octanol–water partition coefficient (Wildman–Crippen LogP) is 4.35. The summed E-state index contributed by atoms with van der Waals surface area (Å²) in [6.45, 7) is 0.543. The first kappa shape index (κ1) is 17.8. The van der Waals surface area contributed by atoms with Crippen molar-refractivity contribution in [1.82, 2.24) is 5.32 Å². The van der Waals surface area contributed by atoms with Crippen LogP contribution in [0.5, 0.6) is 0 Å². The van der Waals surface area contributed by atoms with Crippen molar-refractivity contribution in [2.24, 2.45) is 5.16 Å². The van der Waals surface area contributed by atoms with Gasteiger partial charge in [0.2, 0.25) is 0 Å². The molecule has 23 heavy (non-hydrogen) atoms. The molecule has 1 aliphatic rings. The Bertz CT molecular complexity index is 600. The van der Waals surface area contributed by atoms with Crippen LogP contribution in [0.25, 0.3) is 0 Å². The van der Waals surface area contributed by atoms with Gasteiger partial charge in [0.05, 0.1) is 16.3 Å². The summed E-state index contributed by atoms with van der Waals surface area (Å²) in [7, 11) is 0. The smallest absolute Gasteiger partial charge is 0.260 e. The maximum Gasteiger partial charge on any atom is 0.260 e. The van der Waals surface area contributed by atoms with Gasteiger partial charge in [-0.1, -0.05) is 46.1 Å². The quantitative estimate of drug-likeness (QED) is 0.449. The molecule has 0 unspecified atom stereocenters. The van der Waals surface area contributed by atoms with Gasteiger partial charge in [0.25, 0.3) is 5.91 Å². The molecular weight excluding hydrogens is 335 g/mol. The lowest BCUT2D eigenvalue weighted by atomic mass is 9.97. The Labute approximate surface area is 146 Å². The number of allylic oxidation sites excluding steroid dienone is 1. The van der Waals surface area contributed by atoms with Gasteiger partial charge >= 0.3 is 0 Å². The van der Waals surface area contributed by atoms with Crippen molar-refractivity contribution in [3.05, 3.63) is 45.5 Å². The minimum absolute atomic E-state index is 0.100. The van der Waals surface area contributed by atoms with Crippen LogP contribution in [0.2, 0.25) is 10.0 Å². The molecule has 0 bridgehead atoms. The molecule has 1 amide bonds. The van der Waals surface area contributed by atoms with E-state index in [9.17, 15) is 4.79 Å². The zero-order valence-corrected chi connectivity index (χ0v) is 14.4. The first-order chi connectivity index (χ1) is 11.1. The first-order valence-corrected chi connectivity index (χ1v) is 8.46. The van der Waals surface area contributed by atoms with E-state index in [2.05, 4.69) is 16.5 Å². The van der Waals surface area contributed by atoms with Crippen molar-refractivity contribution >= 4 is 35.3 Å². The summed E-state index contributed by atoms with van der Waals surface area (Å²) in [5.74, 6) is -0.173. The molecule has 0 heterocycles. The summed E-state index contributed by atoms with van der Waals surface area (Å²) < 4.78 is 0. The normalized spacial score (nSPS) is 14.6. The van der Waals surface area contributed by atoms with E-state index in [1.807, 2.05) is 0 Å². The van der Waals surface area contributed by atoms with E-state index >= 15 is 0 Å². The standard InChI is InChI=1S/C17H20Cl2N2O2/c18-15-7-6-14(10-16(15)19)11-21-23-12-17(22)20-9-8-13-4-2-1-3-5-13/h4,6-7,10-11H,1-3,5,8-9,12H2,(H,20,22). The zero-order valence-electron chi connectivity index (χ0n) is 12.9. The minimum atomic E-state index is -0.173. The molecule has 0 saturated carbocycles. The van der Waals surface area contributed by atoms with Gasteiger partial charge in [-0.2, -0.15) is 0 Å². The predicted molar refractivity (Wildman–Crippen MR) is 94.2 cm³/mol. The topological polar surface area (TPSA) is 50.7 Å². The van der Waals surface area contributed by atoms with Crippen molar-refractivity contribution in [2.45, 2.75) is 32.1 Å². The second-order valence-electron chi connectivity index (χ2n) is 5.39. The molecular formula is C17H20Cl2N2O2. The van der Waals surface area contributed by atoms with Crippen molar-refractivity contribution in [2.75, 3.05) is 13.2 Å². The van der Waals surface area contributed by atoms with Crippen LogP contribution < -0.4 is 5.32 Å². The van der Waals surface area contributed by atoms with Gasteiger partial charge in [-0.3, -0.25) is 4.79 Å². The maximum atomic E-state index is 11.6. The number of nitrogens with one attached hydrogen (secondary N) is 1. The fourth-order valence-corrected chi connectivity index (χ4v) is 2.64. The van der Waals surface area contributed by atoms with E-state index in [0.717, 1.165) is 24.8 Å². The highest BCUT2D eigenvalue weighted by atomic mass is 35.5. The van der Waals surface area contributed by atoms with Crippen LogP contribution in [0, 0.1) is 0 Å². The minimum Gasteiger partial charge on any atom is -0.386 e. The van der Waals surface area contributed by atoms with E-state index in [4.69, 9.17) is 28.0 Å². The first-order valence-electron chi connectivity index (χ1n) is 7.70. The Morgan fingerprint density at radius 1 is 1.30 bits per heavy atom. The molecule has 1 aromatic rings. The third kappa shape index (κ3) is 6.63. The molecule has 0 atom stereocenters. The number of rotatable bonds is 7. The van der Waals surface area contributed by atoms with Gasteiger partial charge in [0, 0.05) is 6.54 Å². The van der Waals surface area contributed by atoms with E-state index in [1.165, 1.54) is 24.6 Å². The number of carbonyl (C=O) groups is 1. The zero-order chi connectivity index (χ0) is 16.5. The number of halogens is 2. The lowest BCUT2D eigenvalue weighted by Crippen LogP contribution is -2.28. The third-order valence-electron chi connectivity index (χ3n) is 3.57. The Kier molecular flexibility index (Phi) is 7.43. The average Bonchev–Trinajstić information content (AvgIpc) is 2.56. The molecule has 0 fully saturated rings. The van der Waals surface area contributed by atoms with E-state index < -0.39 is 0 Å². The van der Waals surface area contributed by atoms with Crippen LogP contribution in [0.3, 0.4) is 0 Å². The highest BCUT2D eigenvalue weighted by Crippen LogP contribution is 2.21. The summed E-state index contributed by atoms with van der Waals surface area (Å²) in [4.78, 5) is 16.6. The molecule has 0 radical (unpaired) electrons. The van der Waals surface area contributed by atoms with Gasteiger partial charge in [0.1, 0.15) is 0 Å². The molecule has 1 aromatic carbocycles. The van der Waals surface area contributed by atoms with E-state index in [-0.39, 0.29) is 12.5 Å². The fraction of sp³-hybridized carbons (Fsp3) is 0.412.